The van der Waals surface area contributed by atoms with Crippen LogP contribution in [-0.4, -0.2) is 42.1 Å². The Kier molecular flexibility index (Phi) is 15.7. The smallest absolute Gasteiger partial charge is 0.0852 e. The van der Waals surface area contributed by atoms with Crippen molar-refractivity contribution in [3.8, 4) is 0 Å². The lowest BCUT2D eigenvalue weighted by Crippen LogP contribution is -2.30. The maximum Gasteiger partial charge on any atom is 0.0852 e. The summed E-state index contributed by atoms with van der Waals surface area (Å²) in [6.07, 6.45) is 26.1. The zero-order valence-electron chi connectivity index (χ0n) is 17.4. The first-order valence-corrected chi connectivity index (χ1v) is 11.4. The second-order valence-electron chi connectivity index (χ2n) is 7.90. The third-order valence-corrected chi connectivity index (χ3v) is 5.26. The van der Waals surface area contributed by atoms with Crippen LogP contribution in [0.2, 0.25) is 0 Å². The number of rotatable bonds is 18. The Morgan fingerprint density at radius 3 is 2.04 bits per heavy atom. The van der Waals surface area contributed by atoms with Crippen molar-refractivity contribution in [1.82, 2.24) is 4.90 Å². The van der Waals surface area contributed by atoms with Crippen molar-refractivity contribution in [3.05, 3.63) is 12.2 Å². The third-order valence-electron chi connectivity index (χ3n) is 5.26. The van der Waals surface area contributed by atoms with Crippen LogP contribution in [0.3, 0.4) is 0 Å². The van der Waals surface area contributed by atoms with Crippen molar-refractivity contribution in [2.24, 2.45) is 4.99 Å². The van der Waals surface area contributed by atoms with E-state index in [4.69, 9.17) is 0 Å². The number of hydrogen-bond donors (Lipinski definition) is 1. The molecule has 0 aromatic rings. The van der Waals surface area contributed by atoms with E-state index >= 15 is 0 Å². The van der Waals surface area contributed by atoms with E-state index in [0.29, 0.717) is 0 Å². The van der Waals surface area contributed by atoms with E-state index in [2.05, 4.69) is 29.0 Å². The number of aliphatic imine (C=N–C) groups is 1. The van der Waals surface area contributed by atoms with Crippen LogP contribution in [0.1, 0.15) is 103 Å². The van der Waals surface area contributed by atoms with Crippen molar-refractivity contribution in [1.29, 1.82) is 0 Å². The van der Waals surface area contributed by atoms with E-state index < -0.39 is 0 Å². The fraction of sp³-hybridized carbons (Fsp3) is 0.870. The summed E-state index contributed by atoms with van der Waals surface area (Å²) in [5.41, 5.74) is 0. The first-order chi connectivity index (χ1) is 12.8. The van der Waals surface area contributed by atoms with Gasteiger partial charge in [0.15, 0.2) is 0 Å². The highest BCUT2D eigenvalue weighted by Gasteiger charge is 2.11. The second kappa shape index (κ2) is 17.6. The molecule has 1 rings (SSSR count). The van der Waals surface area contributed by atoms with E-state index in [1.165, 1.54) is 83.5 Å². The zero-order chi connectivity index (χ0) is 18.7. The molecule has 0 radical (unpaired) electrons. The highest BCUT2D eigenvalue weighted by molar-refractivity contribution is 5.56. The lowest BCUT2D eigenvalue weighted by atomic mass is 10.1. The number of aliphatic hydroxyl groups is 1. The molecule has 0 aromatic heterocycles. The predicted molar refractivity (Wildman–Crippen MR) is 115 cm³/mol. The molecule has 3 heteroatoms. The van der Waals surface area contributed by atoms with Crippen LogP contribution in [0.15, 0.2) is 17.1 Å². The average molecular weight is 365 g/mol. The van der Waals surface area contributed by atoms with E-state index in [9.17, 15) is 5.11 Å². The monoisotopic (exact) mass is 364 g/mol. The molecule has 1 aliphatic rings. The van der Waals surface area contributed by atoms with Crippen molar-refractivity contribution >= 4 is 6.34 Å². The molecule has 0 saturated carbocycles. The van der Waals surface area contributed by atoms with Crippen molar-refractivity contribution in [3.63, 3.8) is 0 Å². The van der Waals surface area contributed by atoms with E-state index in [-0.39, 0.29) is 6.10 Å². The molecule has 0 saturated heterocycles. The molecule has 0 aromatic carbocycles. The quantitative estimate of drug-likeness (QED) is 0.235. The summed E-state index contributed by atoms with van der Waals surface area (Å²) >= 11 is 0. The summed E-state index contributed by atoms with van der Waals surface area (Å²) in [5.74, 6) is 0. The van der Waals surface area contributed by atoms with Crippen LogP contribution in [0, 0.1) is 0 Å². The third kappa shape index (κ3) is 14.4. The molecular weight excluding hydrogens is 320 g/mol. The van der Waals surface area contributed by atoms with Gasteiger partial charge in [0.05, 0.1) is 19.0 Å². The lowest BCUT2D eigenvalue weighted by Gasteiger charge is -2.18. The summed E-state index contributed by atoms with van der Waals surface area (Å²) in [6.45, 7) is 4.90. The summed E-state index contributed by atoms with van der Waals surface area (Å²) < 4.78 is 0. The second-order valence-corrected chi connectivity index (χ2v) is 7.90. The fourth-order valence-electron chi connectivity index (χ4n) is 3.55. The number of unbranched alkanes of at least 4 members (excludes halogenated alkanes) is 12. The molecule has 3 nitrogen and oxygen atoms in total. The van der Waals surface area contributed by atoms with Gasteiger partial charge in [0, 0.05) is 13.1 Å². The van der Waals surface area contributed by atoms with Gasteiger partial charge in [0.2, 0.25) is 0 Å². The van der Waals surface area contributed by atoms with Gasteiger partial charge in [-0.05, 0) is 32.1 Å². The van der Waals surface area contributed by atoms with Crippen molar-refractivity contribution in [2.75, 3.05) is 19.6 Å². The Labute approximate surface area is 163 Å². The molecular formula is C23H44N2O. The molecule has 1 atom stereocenters. The van der Waals surface area contributed by atoms with Gasteiger partial charge in [0.25, 0.3) is 0 Å². The van der Waals surface area contributed by atoms with E-state index in [0.717, 1.165) is 32.5 Å². The van der Waals surface area contributed by atoms with Crippen LogP contribution >= 0.6 is 0 Å². The standard InChI is InChI=1S/C23H44N2O/c1-2-3-4-5-6-7-8-9-10-11-12-13-14-15-16-17-18-23(26)21-25-20-19-24-22-25/h9-10,22-23,26H,2-8,11-21H2,1H3/b10-9-. The van der Waals surface area contributed by atoms with Gasteiger partial charge < -0.3 is 10.0 Å². The number of hydrogen-bond acceptors (Lipinski definition) is 3. The SMILES string of the molecule is CCCCCCCC/C=C\CCCCCCCCC(O)CN1C=NCC1. The van der Waals surface area contributed by atoms with E-state index in [1.807, 2.05) is 6.34 Å². The Bertz CT molecular complexity index is 354. The predicted octanol–water partition coefficient (Wildman–Crippen LogP) is 6.12. The minimum Gasteiger partial charge on any atom is -0.391 e. The fourth-order valence-corrected chi connectivity index (χ4v) is 3.55. The normalized spacial score (nSPS) is 15.4. The minimum absolute atomic E-state index is 0.184. The summed E-state index contributed by atoms with van der Waals surface area (Å²) in [6, 6.07) is 0. The molecule has 0 bridgehead atoms. The molecule has 0 aliphatic carbocycles. The molecule has 0 fully saturated rings. The summed E-state index contributed by atoms with van der Waals surface area (Å²) in [7, 11) is 0. The summed E-state index contributed by atoms with van der Waals surface area (Å²) in [4.78, 5) is 6.31. The molecule has 0 amide bonds. The Balaban J connectivity index is 1.75. The number of aliphatic hydroxyl groups excluding tert-OH is 1. The van der Waals surface area contributed by atoms with Gasteiger partial charge in [-0.25, -0.2) is 0 Å². The number of β-amino-alcohol motifs (C(OH)–C–C–N with tert-alkyl or cyclic N) is 1. The van der Waals surface area contributed by atoms with Gasteiger partial charge in [-0.2, -0.15) is 0 Å². The number of nitrogens with zero attached hydrogens (tertiary/aromatic N) is 2. The molecule has 0 spiro atoms. The topological polar surface area (TPSA) is 35.8 Å². The first kappa shape index (κ1) is 23.2. The van der Waals surface area contributed by atoms with E-state index in [1.54, 1.807) is 0 Å². The average Bonchev–Trinajstić information content (AvgIpc) is 3.14. The highest BCUT2D eigenvalue weighted by Crippen LogP contribution is 2.12. The Hall–Kier alpha value is -0.830. The molecule has 152 valence electrons. The molecule has 1 aliphatic heterocycles. The number of allylic oxidation sites excluding steroid dienone is 2. The molecule has 26 heavy (non-hydrogen) atoms. The van der Waals surface area contributed by atoms with Gasteiger partial charge in [-0.3, -0.25) is 4.99 Å². The maximum absolute atomic E-state index is 10.0. The van der Waals surface area contributed by atoms with Gasteiger partial charge >= 0.3 is 0 Å². The highest BCUT2D eigenvalue weighted by atomic mass is 16.3. The summed E-state index contributed by atoms with van der Waals surface area (Å²) in [5, 5.41) is 10.0. The largest absolute Gasteiger partial charge is 0.391 e. The minimum atomic E-state index is -0.184. The molecule has 1 N–H and O–H groups in total. The van der Waals surface area contributed by atoms with Gasteiger partial charge in [0.1, 0.15) is 0 Å². The van der Waals surface area contributed by atoms with Gasteiger partial charge in [-0.15, -0.1) is 0 Å². The van der Waals surface area contributed by atoms with Crippen LogP contribution in [0.4, 0.5) is 0 Å². The molecule has 1 unspecified atom stereocenters. The zero-order valence-corrected chi connectivity index (χ0v) is 17.4. The Morgan fingerprint density at radius 1 is 0.885 bits per heavy atom. The van der Waals surface area contributed by atoms with Crippen LogP contribution < -0.4 is 0 Å². The van der Waals surface area contributed by atoms with Crippen LogP contribution in [-0.2, 0) is 0 Å². The lowest BCUT2D eigenvalue weighted by molar-refractivity contribution is 0.135. The van der Waals surface area contributed by atoms with Crippen molar-refractivity contribution in [2.45, 2.75) is 109 Å². The molecule has 1 heterocycles. The van der Waals surface area contributed by atoms with Crippen LogP contribution in [0.5, 0.6) is 0 Å². The van der Waals surface area contributed by atoms with Crippen LogP contribution in [0.25, 0.3) is 0 Å². The Morgan fingerprint density at radius 2 is 1.46 bits per heavy atom. The van der Waals surface area contributed by atoms with Gasteiger partial charge in [-0.1, -0.05) is 83.3 Å². The first-order valence-electron chi connectivity index (χ1n) is 11.4. The maximum atomic E-state index is 10.0. The van der Waals surface area contributed by atoms with Crippen molar-refractivity contribution < 1.29 is 5.11 Å².